The highest BCUT2D eigenvalue weighted by atomic mass is 28.4. The summed E-state index contributed by atoms with van der Waals surface area (Å²) in [4.78, 5) is 23.2. The van der Waals surface area contributed by atoms with E-state index < -0.39 is 25.7 Å². The fourth-order valence-electron chi connectivity index (χ4n) is 2.57. The molecular weight excluding hydrogens is 284 g/mol. The van der Waals surface area contributed by atoms with Crippen molar-refractivity contribution >= 4 is 20.1 Å². The molecule has 0 atom stereocenters. The van der Waals surface area contributed by atoms with Gasteiger partial charge in [0.05, 0.1) is 16.7 Å². The summed E-state index contributed by atoms with van der Waals surface area (Å²) in [5.41, 5.74) is 11.3. The first kappa shape index (κ1) is 17.4. The van der Waals surface area contributed by atoms with Crippen molar-refractivity contribution in [1.82, 2.24) is 0 Å². The van der Waals surface area contributed by atoms with Crippen molar-refractivity contribution in [2.24, 2.45) is 11.5 Å². The number of hydrogen-bond donors (Lipinski definition) is 2. The highest BCUT2D eigenvalue weighted by Crippen LogP contribution is 2.25. The molecule has 0 aliphatic heterocycles. The van der Waals surface area contributed by atoms with Gasteiger partial charge in [0.2, 0.25) is 11.8 Å². The van der Waals surface area contributed by atoms with Crippen LogP contribution < -0.4 is 11.5 Å². The first-order chi connectivity index (χ1) is 9.43. The van der Waals surface area contributed by atoms with Crippen LogP contribution in [0.1, 0.15) is 40.1 Å². The Morgan fingerprint density at radius 2 is 1.71 bits per heavy atom. The maximum absolute atomic E-state index is 11.7. The molecule has 0 fully saturated rings. The van der Waals surface area contributed by atoms with Crippen LogP contribution in [-0.4, -0.2) is 25.7 Å². The Bertz CT molecular complexity index is 563. The predicted octanol–water partition coefficient (Wildman–Crippen LogP) is 2.06. The number of primary amides is 2. The molecular formula is C15H24N2O3Si. The van der Waals surface area contributed by atoms with E-state index >= 15 is 0 Å². The predicted molar refractivity (Wildman–Crippen MR) is 85.7 cm³/mol. The molecule has 0 radical (unpaired) electrons. The van der Waals surface area contributed by atoms with Gasteiger partial charge in [-0.25, -0.2) is 0 Å². The molecule has 0 spiro atoms. The van der Waals surface area contributed by atoms with Crippen LogP contribution in [0, 0.1) is 0 Å². The molecule has 21 heavy (non-hydrogen) atoms. The van der Waals surface area contributed by atoms with Crippen LogP contribution >= 0.6 is 0 Å². The summed E-state index contributed by atoms with van der Waals surface area (Å²) in [6, 6.07) is 4.99. The van der Waals surface area contributed by atoms with Gasteiger partial charge in [-0.15, -0.1) is 0 Å². The van der Waals surface area contributed by atoms with Crippen LogP contribution in [0.5, 0.6) is 0 Å². The fourth-order valence-corrected chi connectivity index (χ4v) is 4.30. The summed E-state index contributed by atoms with van der Waals surface area (Å²) >= 11 is 0. The monoisotopic (exact) mass is 308 g/mol. The summed E-state index contributed by atoms with van der Waals surface area (Å²) < 4.78 is 6.13. The Morgan fingerprint density at radius 1 is 1.14 bits per heavy atom. The molecule has 0 aliphatic rings. The maximum atomic E-state index is 11.7. The van der Waals surface area contributed by atoms with Gasteiger partial charge in [0.1, 0.15) is 0 Å². The Kier molecular flexibility index (Phi) is 4.96. The average molecular weight is 308 g/mol. The van der Waals surface area contributed by atoms with Gasteiger partial charge in [-0.05, 0) is 45.1 Å². The van der Waals surface area contributed by atoms with E-state index in [1.165, 1.54) is 6.07 Å². The number of rotatable bonds is 6. The standard InChI is InChI=1S/C15H24N2O3Si/c1-15(2,20-21(3,4)5)9-10-7-6-8-11(13(16)18)12(10)14(17)19/h6-8H,9H2,1-5H3,(H2,16,18)(H2,17,19). The lowest BCUT2D eigenvalue weighted by Gasteiger charge is -2.33. The Morgan fingerprint density at radius 3 is 2.14 bits per heavy atom. The highest BCUT2D eigenvalue weighted by Gasteiger charge is 2.29. The van der Waals surface area contributed by atoms with Crippen LogP contribution in [0.15, 0.2) is 18.2 Å². The summed E-state index contributed by atoms with van der Waals surface area (Å²) in [6.07, 6.45) is 0.483. The van der Waals surface area contributed by atoms with E-state index in [4.69, 9.17) is 15.9 Å². The van der Waals surface area contributed by atoms with Crippen LogP contribution in [0.25, 0.3) is 0 Å². The third-order valence-corrected chi connectivity index (χ3v) is 4.03. The Labute approximate surface area is 126 Å². The van der Waals surface area contributed by atoms with Gasteiger partial charge in [0.25, 0.3) is 0 Å². The smallest absolute Gasteiger partial charge is 0.249 e. The molecule has 1 aromatic carbocycles. The SMILES string of the molecule is CC(C)(Cc1cccc(C(N)=O)c1C(N)=O)O[Si](C)(C)C. The largest absolute Gasteiger partial charge is 0.412 e. The van der Waals surface area contributed by atoms with Crippen molar-refractivity contribution in [3.05, 3.63) is 34.9 Å². The van der Waals surface area contributed by atoms with Gasteiger partial charge in [-0.2, -0.15) is 0 Å². The molecule has 0 saturated heterocycles. The second kappa shape index (κ2) is 5.99. The molecule has 0 unspecified atom stereocenters. The third-order valence-electron chi connectivity index (χ3n) is 2.86. The quantitative estimate of drug-likeness (QED) is 0.787. The number of amides is 2. The molecule has 2 amide bonds. The summed E-state index contributed by atoms with van der Waals surface area (Å²) in [6.45, 7) is 10.2. The average Bonchev–Trinajstić information content (AvgIpc) is 2.23. The highest BCUT2D eigenvalue weighted by molar-refractivity contribution is 6.69. The second-order valence-electron chi connectivity index (χ2n) is 6.72. The molecule has 6 heteroatoms. The minimum absolute atomic E-state index is 0.156. The lowest BCUT2D eigenvalue weighted by Crippen LogP contribution is -2.40. The van der Waals surface area contributed by atoms with Gasteiger partial charge in [0.15, 0.2) is 8.32 Å². The number of benzene rings is 1. The van der Waals surface area contributed by atoms with Crippen molar-refractivity contribution in [1.29, 1.82) is 0 Å². The molecule has 0 aliphatic carbocycles. The Balaban J connectivity index is 3.23. The van der Waals surface area contributed by atoms with Crippen LogP contribution in [0.4, 0.5) is 0 Å². The molecule has 1 rings (SSSR count). The minimum Gasteiger partial charge on any atom is -0.412 e. The lowest BCUT2D eigenvalue weighted by atomic mass is 9.91. The Hall–Kier alpha value is -1.66. The minimum atomic E-state index is -1.73. The van der Waals surface area contributed by atoms with Gasteiger partial charge >= 0.3 is 0 Å². The molecule has 1 aromatic rings. The molecule has 0 aromatic heterocycles. The fraction of sp³-hybridized carbons (Fsp3) is 0.467. The number of carbonyl (C=O) groups is 2. The normalized spacial score (nSPS) is 12.2. The number of carbonyl (C=O) groups excluding carboxylic acids is 2. The maximum Gasteiger partial charge on any atom is 0.249 e. The first-order valence-corrected chi connectivity index (χ1v) is 10.3. The number of hydrogen-bond acceptors (Lipinski definition) is 3. The van der Waals surface area contributed by atoms with Gasteiger partial charge in [-0.1, -0.05) is 12.1 Å². The molecule has 0 saturated carbocycles. The van der Waals surface area contributed by atoms with Crippen molar-refractivity contribution in [2.75, 3.05) is 0 Å². The van der Waals surface area contributed by atoms with Crippen LogP contribution in [0.3, 0.4) is 0 Å². The zero-order valence-corrected chi connectivity index (χ0v) is 14.3. The first-order valence-electron chi connectivity index (χ1n) is 6.84. The van der Waals surface area contributed by atoms with Gasteiger partial charge in [-0.3, -0.25) is 9.59 Å². The van der Waals surface area contributed by atoms with Crippen LogP contribution in [0.2, 0.25) is 19.6 Å². The zero-order chi connectivity index (χ0) is 16.4. The molecule has 0 heterocycles. The van der Waals surface area contributed by atoms with E-state index in [-0.39, 0.29) is 11.1 Å². The van der Waals surface area contributed by atoms with E-state index in [0.717, 1.165) is 0 Å². The summed E-state index contributed by atoms with van der Waals surface area (Å²) in [5.74, 6) is -1.31. The van der Waals surface area contributed by atoms with E-state index in [0.29, 0.717) is 12.0 Å². The van der Waals surface area contributed by atoms with Crippen molar-refractivity contribution in [3.63, 3.8) is 0 Å². The molecule has 116 valence electrons. The van der Waals surface area contributed by atoms with E-state index in [2.05, 4.69) is 19.6 Å². The third kappa shape index (κ3) is 4.98. The number of nitrogens with two attached hydrogens (primary N) is 2. The van der Waals surface area contributed by atoms with Crippen molar-refractivity contribution < 1.29 is 14.0 Å². The van der Waals surface area contributed by atoms with Gasteiger partial charge in [0, 0.05) is 6.42 Å². The van der Waals surface area contributed by atoms with E-state index in [1.54, 1.807) is 12.1 Å². The molecule has 4 N–H and O–H groups in total. The summed E-state index contributed by atoms with van der Waals surface area (Å²) in [5, 5.41) is 0. The molecule has 5 nitrogen and oxygen atoms in total. The van der Waals surface area contributed by atoms with Gasteiger partial charge < -0.3 is 15.9 Å². The lowest BCUT2D eigenvalue weighted by molar-refractivity contribution is 0.0948. The molecule has 0 bridgehead atoms. The summed E-state index contributed by atoms with van der Waals surface area (Å²) in [7, 11) is -1.73. The van der Waals surface area contributed by atoms with Crippen LogP contribution in [-0.2, 0) is 10.8 Å². The van der Waals surface area contributed by atoms with E-state index in [9.17, 15) is 9.59 Å². The van der Waals surface area contributed by atoms with Crippen molar-refractivity contribution in [3.8, 4) is 0 Å². The zero-order valence-electron chi connectivity index (χ0n) is 13.3. The van der Waals surface area contributed by atoms with Crippen molar-refractivity contribution in [2.45, 2.75) is 45.5 Å². The van der Waals surface area contributed by atoms with E-state index in [1.807, 2.05) is 13.8 Å². The second-order valence-corrected chi connectivity index (χ2v) is 11.1. The topological polar surface area (TPSA) is 95.4 Å².